The van der Waals surface area contributed by atoms with E-state index >= 15 is 0 Å². The molecular weight excluding hydrogens is 308 g/mol. The summed E-state index contributed by atoms with van der Waals surface area (Å²) in [4.78, 5) is 13.3. The molecule has 128 valence electrons. The Bertz CT molecular complexity index is 718. The van der Waals surface area contributed by atoms with Crippen molar-refractivity contribution in [2.75, 3.05) is 20.2 Å². The highest BCUT2D eigenvalue weighted by Crippen LogP contribution is 2.29. The van der Waals surface area contributed by atoms with Gasteiger partial charge in [0.15, 0.2) is 0 Å². The number of aromatic nitrogens is 1. The maximum atomic E-state index is 10.9. The molecule has 3 rings (SSSR count). The van der Waals surface area contributed by atoms with E-state index in [1.807, 2.05) is 12.1 Å². The topological polar surface area (TPSA) is 75.8 Å². The summed E-state index contributed by atoms with van der Waals surface area (Å²) in [5.41, 5.74) is 3.22. The molecule has 1 aromatic heterocycles. The molecule has 0 aliphatic carbocycles. The average Bonchev–Trinajstić information content (AvgIpc) is 3.08. The van der Waals surface area contributed by atoms with E-state index in [1.54, 1.807) is 13.2 Å². The lowest BCUT2D eigenvalue weighted by Gasteiger charge is -2.31. The van der Waals surface area contributed by atoms with Crippen molar-refractivity contribution >= 4 is 5.97 Å². The summed E-state index contributed by atoms with van der Waals surface area (Å²) in [6, 6.07) is 7.70. The SMILES string of the molecule is COc1cccc(CN2CCC(c3cc(C(=O)O)on3)CC2)c1C. The number of hydrogen-bond donors (Lipinski definition) is 1. The Morgan fingerprint density at radius 1 is 1.42 bits per heavy atom. The first kappa shape index (κ1) is 16.5. The first-order chi connectivity index (χ1) is 11.6. The Morgan fingerprint density at radius 3 is 2.79 bits per heavy atom. The number of methoxy groups -OCH3 is 1. The number of carbonyl (C=O) groups is 1. The molecule has 1 aromatic carbocycles. The number of carboxylic acids is 1. The molecule has 0 atom stereocenters. The fourth-order valence-corrected chi connectivity index (χ4v) is 3.26. The van der Waals surface area contributed by atoms with Crippen molar-refractivity contribution in [2.45, 2.75) is 32.2 Å². The minimum atomic E-state index is -1.07. The molecule has 0 amide bonds. The van der Waals surface area contributed by atoms with Crippen LogP contribution < -0.4 is 4.74 Å². The average molecular weight is 330 g/mol. The Balaban J connectivity index is 1.60. The largest absolute Gasteiger partial charge is 0.496 e. The van der Waals surface area contributed by atoms with E-state index in [0.717, 1.165) is 43.9 Å². The van der Waals surface area contributed by atoms with E-state index in [4.69, 9.17) is 14.4 Å². The molecule has 24 heavy (non-hydrogen) atoms. The predicted molar refractivity (Wildman–Crippen MR) is 88.4 cm³/mol. The first-order valence-corrected chi connectivity index (χ1v) is 8.13. The van der Waals surface area contributed by atoms with Gasteiger partial charge in [-0.05, 0) is 50.0 Å². The van der Waals surface area contributed by atoms with Gasteiger partial charge in [0.25, 0.3) is 0 Å². The molecule has 6 nitrogen and oxygen atoms in total. The lowest BCUT2D eigenvalue weighted by atomic mass is 9.93. The second-order valence-electron chi connectivity index (χ2n) is 6.22. The zero-order valence-corrected chi connectivity index (χ0v) is 14.0. The maximum Gasteiger partial charge on any atom is 0.374 e. The zero-order valence-electron chi connectivity index (χ0n) is 14.0. The molecule has 6 heteroatoms. The van der Waals surface area contributed by atoms with Crippen molar-refractivity contribution in [3.8, 4) is 5.75 Å². The van der Waals surface area contributed by atoms with Gasteiger partial charge in [-0.3, -0.25) is 4.90 Å². The van der Waals surface area contributed by atoms with Crippen LogP contribution in [-0.2, 0) is 6.54 Å². The summed E-state index contributed by atoms with van der Waals surface area (Å²) >= 11 is 0. The van der Waals surface area contributed by atoms with Crippen LogP contribution in [0, 0.1) is 6.92 Å². The van der Waals surface area contributed by atoms with Crippen LogP contribution in [0.1, 0.15) is 46.1 Å². The van der Waals surface area contributed by atoms with Crippen LogP contribution in [0.3, 0.4) is 0 Å². The fraction of sp³-hybridized carbons (Fsp3) is 0.444. The zero-order chi connectivity index (χ0) is 17.1. The molecule has 1 fully saturated rings. The van der Waals surface area contributed by atoms with E-state index in [2.05, 4.69) is 23.0 Å². The lowest BCUT2D eigenvalue weighted by Crippen LogP contribution is -2.32. The summed E-state index contributed by atoms with van der Waals surface area (Å²) in [5, 5.41) is 12.8. The number of ether oxygens (including phenoxy) is 1. The molecule has 0 radical (unpaired) electrons. The smallest absolute Gasteiger partial charge is 0.374 e. The maximum absolute atomic E-state index is 10.9. The van der Waals surface area contributed by atoms with Crippen LogP contribution in [0.25, 0.3) is 0 Å². The first-order valence-electron chi connectivity index (χ1n) is 8.13. The number of likely N-dealkylation sites (tertiary alicyclic amines) is 1. The van der Waals surface area contributed by atoms with Gasteiger partial charge in [0.1, 0.15) is 5.75 Å². The van der Waals surface area contributed by atoms with Gasteiger partial charge in [-0.15, -0.1) is 0 Å². The number of rotatable bonds is 5. The number of piperidine rings is 1. The molecule has 1 saturated heterocycles. The van der Waals surface area contributed by atoms with Gasteiger partial charge in [-0.25, -0.2) is 4.79 Å². The third-order valence-corrected chi connectivity index (χ3v) is 4.76. The van der Waals surface area contributed by atoms with Gasteiger partial charge >= 0.3 is 5.97 Å². The van der Waals surface area contributed by atoms with Crippen LogP contribution in [-0.4, -0.2) is 41.3 Å². The van der Waals surface area contributed by atoms with Gasteiger partial charge in [-0.2, -0.15) is 0 Å². The van der Waals surface area contributed by atoms with E-state index in [9.17, 15) is 4.79 Å². The number of hydrogen-bond acceptors (Lipinski definition) is 5. The summed E-state index contributed by atoms with van der Waals surface area (Å²) in [7, 11) is 1.70. The Kier molecular flexibility index (Phi) is 4.85. The molecule has 2 heterocycles. The van der Waals surface area contributed by atoms with Gasteiger partial charge in [0, 0.05) is 18.5 Å². The summed E-state index contributed by atoms with van der Waals surface area (Å²) < 4.78 is 10.3. The van der Waals surface area contributed by atoms with E-state index < -0.39 is 5.97 Å². The Labute approximate surface area is 141 Å². The molecular formula is C18H22N2O4. The second kappa shape index (κ2) is 7.05. The van der Waals surface area contributed by atoms with E-state index in [-0.39, 0.29) is 11.7 Å². The third-order valence-electron chi connectivity index (χ3n) is 4.76. The summed E-state index contributed by atoms with van der Waals surface area (Å²) in [6.07, 6.45) is 1.91. The van der Waals surface area contributed by atoms with Crippen LogP contribution in [0.15, 0.2) is 28.8 Å². The van der Waals surface area contributed by atoms with Crippen molar-refractivity contribution in [3.05, 3.63) is 46.8 Å². The molecule has 1 aliphatic heterocycles. The monoisotopic (exact) mass is 330 g/mol. The fourth-order valence-electron chi connectivity index (χ4n) is 3.26. The predicted octanol–water partition coefficient (Wildman–Crippen LogP) is 3.07. The molecule has 0 unspecified atom stereocenters. The number of aromatic carboxylic acids is 1. The summed E-state index contributed by atoms with van der Waals surface area (Å²) in [6.45, 7) is 4.89. The quantitative estimate of drug-likeness (QED) is 0.908. The van der Waals surface area contributed by atoms with Crippen molar-refractivity contribution < 1.29 is 19.2 Å². The highest BCUT2D eigenvalue weighted by molar-refractivity contribution is 5.84. The van der Waals surface area contributed by atoms with E-state index in [1.165, 1.54) is 11.1 Å². The molecule has 0 saturated carbocycles. The van der Waals surface area contributed by atoms with Gasteiger partial charge in [-0.1, -0.05) is 17.3 Å². The second-order valence-corrected chi connectivity index (χ2v) is 6.22. The molecule has 0 spiro atoms. The van der Waals surface area contributed by atoms with Crippen LogP contribution in [0.4, 0.5) is 0 Å². The van der Waals surface area contributed by atoms with Crippen LogP contribution in [0.5, 0.6) is 5.75 Å². The normalized spacial score (nSPS) is 16.2. The molecule has 1 aliphatic rings. The third kappa shape index (κ3) is 3.43. The van der Waals surface area contributed by atoms with E-state index in [0.29, 0.717) is 0 Å². The van der Waals surface area contributed by atoms with Gasteiger partial charge in [0.2, 0.25) is 5.76 Å². The Morgan fingerprint density at radius 2 is 2.17 bits per heavy atom. The molecule has 2 aromatic rings. The Hall–Kier alpha value is -2.34. The van der Waals surface area contributed by atoms with Crippen molar-refractivity contribution in [2.24, 2.45) is 0 Å². The minimum Gasteiger partial charge on any atom is -0.496 e. The van der Waals surface area contributed by atoms with Crippen LogP contribution in [0.2, 0.25) is 0 Å². The number of benzene rings is 1. The van der Waals surface area contributed by atoms with Crippen molar-refractivity contribution in [1.82, 2.24) is 10.1 Å². The molecule has 1 N–H and O–H groups in total. The van der Waals surface area contributed by atoms with Gasteiger partial charge in [0.05, 0.1) is 12.8 Å². The number of nitrogens with zero attached hydrogens (tertiary/aromatic N) is 2. The molecule has 0 bridgehead atoms. The highest BCUT2D eigenvalue weighted by atomic mass is 16.5. The number of carboxylic acid groups (broad SMARTS) is 1. The van der Waals surface area contributed by atoms with Crippen LogP contribution >= 0.6 is 0 Å². The summed E-state index contributed by atoms with van der Waals surface area (Å²) in [5.74, 6) is 0.0369. The standard InChI is InChI=1S/C18H22N2O4/c1-12-14(4-3-5-16(12)23-2)11-20-8-6-13(7-9-20)15-10-17(18(21)22)24-19-15/h3-5,10,13H,6-9,11H2,1-2H3,(H,21,22). The minimum absolute atomic E-state index is 0.0839. The lowest BCUT2D eigenvalue weighted by molar-refractivity contribution is 0.0651. The van der Waals surface area contributed by atoms with Crippen molar-refractivity contribution in [3.63, 3.8) is 0 Å². The van der Waals surface area contributed by atoms with Crippen molar-refractivity contribution in [1.29, 1.82) is 0 Å². The van der Waals surface area contributed by atoms with Gasteiger partial charge < -0.3 is 14.4 Å². The highest BCUT2D eigenvalue weighted by Gasteiger charge is 2.25.